The van der Waals surface area contributed by atoms with Gasteiger partial charge in [-0.05, 0) is 42.7 Å². The molecule has 2 N–H and O–H groups in total. The summed E-state index contributed by atoms with van der Waals surface area (Å²) in [6.45, 7) is 4.94. The maximum Gasteiger partial charge on any atom is 0.196 e. The standard InChI is InChI=1S/C17H19N3/c1-12-6-5-8-14(10-12)20-16(11-19-17(20)18)15-9-4-3-7-13(15)2/h3-10,16H,11H2,1-2H3,(H2,18,19). The van der Waals surface area contributed by atoms with Crippen LogP contribution >= 0.6 is 0 Å². The van der Waals surface area contributed by atoms with Crippen molar-refractivity contribution in [2.24, 2.45) is 10.7 Å². The third-order valence-electron chi connectivity index (χ3n) is 3.81. The summed E-state index contributed by atoms with van der Waals surface area (Å²) in [6.07, 6.45) is 0. The van der Waals surface area contributed by atoms with Crippen molar-refractivity contribution < 1.29 is 0 Å². The van der Waals surface area contributed by atoms with E-state index >= 15 is 0 Å². The van der Waals surface area contributed by atoms with Gasteiger partial charge in [0.05, 0.1) is 12.6 Å². The van der Waals surface area contributed by atoms with Crippen LogP contribution in [0, 0.1) is 13.8 Å². The number of anilines is 1. The molecule has 0 aromatic heterocycles. The zero-order chi connectivity index (χ0) is 14.1. The fourth-order valence-corrected chi connectivity index (χ4v) is 2.79. The van der Waals surface area contributed by atoms with Crippen molar-refractivity contribution in [3.05, 3.63) is 65.2 Å². The lowest BCUT2D eigenvalue weighted by atomic mass is 10.00. The summed E-state index contributed by atoms with van der Waals surface area (Å²) >= 11 is 0. The number of benzene rings is 2. The molecule has 3 heteroatoms. The Kier molecular flexibility index (Phi) is 3.18. The second-order valence-electron chi connectivity index (χ2n) is 5.28. The minimum Gasteiger partial charge on any atom is -0.369 e. The highest BCUT2D eigenvalue weighted by molar-refractivity contribution is 5.97. The van der Waals surface area contributed by atoms with E-state index in [-0.39, 0.29) is 6.04 Å². The lowest BCUT2D eigenvalue weighted by Gasteiger charge is -2.28. The maximum absolute atomic E-state index is 6.11. The molecule has 2 aromatic carbocycles. The molecule has 1 heterocycles. The highest BCUT2D eigenvalue weighted by Crippen LogP contribution is 2.32. The van der Waals surface area contributed by atoms with E-state index in [0.29, 0.717) is 12.5 Å². The van der Waals surface area contributed by atoms with Gasteiger partial charge in [-0.1, -0.05) is 36.4 Å². The van der Waals surface area contributed by atoms with Crippen molar-refractivity contribution in [1.82, 2.24) is 0 Å². The molecule has 102 valence electrons. The largest absolute Gasteiger partial charge is 0.369 e. The molecule has 1 unspecified atom stereocenters. The van der Waals surface area contributed by atoms with Gasteiger partial charge < -0.3 is 10.6 Å². The van der Waals surface area contributed by atoms with E-state index in [4.69, 9.17) is 5.73 Å². The average molecular weight is 265 g/mol. The van der Waals surface area contributed by atoms with Crippen LogP contribution in [0.15, 0.2) is 53.5 Å². The molecule has 0 saturated heterocycles. The molecule has 0 saturated carbocycles. The Hall–Kier alpha value is -2.29. The zero-order valence-electron chi connectivity index (χ0n) is 11.9. The third kappa shape index (κ3) is 2.16. The van der Waals surface area contributed by atoms with E-state index in [0.717, 1.165) is 5.69 Å². The number of guanidine groups is 1. The molecule has 1 aliphatic heterocycles. The van der Waals surface area contributed by atoms with E-state index < -0.39 is 0 Å². The third-order valence-corrected chi connectivity index (χ3v) is 3.81. The Morgan fingerprint density at radius 1 is 1.10 bits per heavy atom. The molecule has 0 bridgehead atoms. The molecule has 3 rings (SSSR count). The summed E-state index contributed by atoms with van der Waals surface area (Å²) < 4.78 is 0. The molecule has 1 atom stereocenters. The maximum atomic E-state index is 6.11. The van der Waals surface area contributed by atoms with Crippen molar-refractivity contribution in [2.75, 3.05) is 11.4 Å². The van der Waals surface area contributed by atoms with Crippen molar-refractivity contribution in [2.45, 2.75) is 19.9 Å². The number of hydrogen-bond donors (Lipinski definition) is 1. The predicted molar refractivity (Wildman–Crippen MR) is 84.1 cm³/mol. The minimum atomic E-state index is 0.193. The van der Waals surface area contributed by atoms with Gasteiger partial charge in [0, 0.05) is 5.69 Å². The first-order chi connectivity index (χ1) is 9.66. The molecule has 0 fully saturated rings. The van der Waals surface area contributed by atoms with Gasteiger partial charge >= 0.3 is 0 Å². The molecule has 1 aliphatic rings. The lowest BCUT2D eigenvalue weighted by molar-refractivity contribution is 0.762. The number of hydrogen-bond acceptors (Lipinski definition) is 3. The lowest BCUT2D eigenvalue weighted by Crippen LogP contribution is -2.36. The normalized spacial score (nSPS) is 18.2. The molecule has 0 spiro atoms. The van der Waals surface area contributed by atoms with Crippen molar-refractivity contribution in [3.8, 4) is 0 Å². The average Bonchev–Trinajstić information content (AvgIpc) is 2.81. The van der Waals surface area contributed by atoms with Gasteiger partial charge in [0.15, 0.2) is 5.96 Å². The first-order valence-electron chi connectivity index (χ1n) is 6.88. The number of rotatable bonds is 2. The van der Waals surface area contributed by atoms with Crippen LogP contribution < -0.4 is 10.6 Å². The summed E-state index contributed by atoms with van der Waals surface area (Å²) in [5.41, 5.74) is 11.0. The van der Waals surface area contributed by atoms with Gasteiger partial charge in [0.1, 0.15) is 0 Å². The number of aliphatic imine (C=N–C) groups is 1. The van der Waals surface area contributed by atoms with E-state index in [9.17, 15) is 0 Å². The van der Waals surface area contributed by atoms with E-state index in [2.05, 4.69) is 72.3 Å². The minimum absolute atomic E-state index is 0.193. The SMILES string of the molecule is Cc1cccc(N2C(N)=NCC2c2ccccc2C)c1. The molecule has 2 aromatic rings. The summed E-state index contributed by atoms with van der Waals surface area (Å²) in [5.74, 6) is 0.601. The van der Waals surface area contributed by atoms with Gasteiger partial charge in [0.25, 0.3) is 0 Å². The van der Waals surface area contributed by atoms with Crippen LogP contribution in [0.4, 0.5) is 5.69 Å². The van der Waals surface area contributed by atoms with Crippen LogP contribution in [0.2, 0.25) is 0 Å². The molecule has 20 heavy (non-hydrogen) atoms. The fourth-order valence-electron chi connectivity index (χ4n) is 2.79. The van der Waals surface area contributed by atoms with Crippen molar-refractivity contribution in [3.63, 3.8) is 0 Å². The van der Waals surface area contributed by atoms with Crippen molar-refractivity contribution >= 4 is 11.6 Å². The molecule has 0 amide bonds. The van der Waals surface area contributed by atoms with Crippen LogP contribution in [0.1, 0.15) is 22.7 Å². The second-order valence-corrected chi connectivity index (χ2v) is 5.28. The van der Waals surface area contributed by atoms with Gasteiger partial charge in [0.2, 0.25) is 0 Å². The van der Waals surface area contributed by atoms with Crippen LogP contribution in [-0.4, -0.2) is 12.5 Å². The van der Waals surface area contributed by atoms with Crippen LogP contribution in [-0.2, 0) is 0 Å². The first kappa shape index (κ1) is 12.7. The van der Waals surface area contributed by atoms with Crippen molar-refractivity contribution in [1.29, 1.82) is 0 Å². The molecular formula is C17H19N3. The number of nitrogens with two attached hydrogens (primary N) is 1. The number of nitrogens with zero attached hydrogens (tertiary/aromatic N) is 2. The smallest absolute Gasteiger partial charge is 0.196 e. The Labute approximate surface area is 119 Å². The second kappa shape index (κ2) is 5.00. The van der Waals surface area contributed by atoms with Gasteiger partial charge in [-0.3, -0.25) is 4.99 Å². The Bertz CT molecular complexity index is 661. The highest BCUT2D eigenvalue weighted by atomic mass is 15.3. The summed E-state index contributed by atoms with van der Waals surface area (Å²) in [7, 11) is 0. The predicted octanol–water partition coefficient (Wildman–Crippen LogP) is 3.18. The Morgan fingerprint density at radius 3 is 2.65 bits per heavy atom. The van der Waals surface area contributed by atoms with E-state index in [1.54, 1.807) is 0 Å². The quantitative estimate of drug-likeness (QED) is 0.906. The van der Waals surface area contributed by atoms with Gasteiger partial charge in [-0.25, -0.2) is 0 Å². The highest BCUT2D eigenvalue weighted by Gasteiger charge is 2.29. The zero-order valence-corrected chi connectivity index (χ0v) is 11.9. The number of aryl methyl sites for hydroxylation is 2. The van der Waals surface area contributed by atoms with E-state index in [1.807, 2.05) is 0 Å². The summed E-state index contributed by atoms with van der Waals surface area (Å²) in [5, 5.41) is 0. The molecule has 0 radical (unpaired) electrons. The Balaban J connectivity index is 2.03. The summed E-state index contributed by atoms with van der Waals surface area (Å²) in [6, 6.07) is 17.0. The monoisotopic (exact) mass is 265 g/mol. The van der Waals surface area contributed by atoms with E-state index in [1.165, 1.54) is 16.7 Å². The molecular weight excluding hydrogens is 246 g/mol. The first-order valence-corrected chi connectivity index (χ1v) is 6.88. The topological polar surface area (TPSA) is 41.6 Å². The van der Waals surface area contributed by atoms with Crippen LogP contribution in [0.5, 0.6) is 0 Å². The van der Waals surface area contributed by atoms with Crippen LogP contribution in [0.3, 0.4) is 0 Å². The van der Waals surface area contributed by atoms with Gasteiger partial charge in [-0.2, -0.15) is 0 Å². The van der Waals surface area contributed by atoms with Gasteiger partial charge in [-0.15, -0.1) is 0 Å². The Morgan fingerprint density at radius 2 is 1.90 bits per heavy atom. The molecule has 3 nitrogen and oxygen atoms in total. The fraction of sp³-hybridized carbons (Fsp3) is 0.235. The van der Waals surface area contributed by atoms with Crippen LogP contribution in [0.25, 0.3) is 0 Å². The summed E-state index contributed by atoms with van der Waals surface area (Å²) in [4.78, 5) is 6.58. The molecule has 0 aliphatic carbocycles.